The van der Waals surface area contributed by atoms with Gasteiger partial charge in [0.1, 0.15) is 50.7 Å². The second kappa shape index (κ2) is 16.6. The Kier molecular flexibility index (Phi) is 10.8. The summed E-state index contributed by atoms with van der Waals surface area (Å²) in [4.78, 5) is 23.1. The number of aromatic nitrogens is 3. The van der Waals surface area contributed by atoms with Crippen LogP contribution in [0.1, 0.15) is 0 Å². The Morgan fingerprint density at radius 2 is 0.551 bits per heavy atom. The SMILES string of the molecule is [B]c1c(O)c([B])c(-c2c(O)c(O)c(-c3c(O)c4c(O)c(c3O)-c3c(O)c(O)c(O)c5c3sc3c(c(O)c(O)c(O)c35)-c3nc(nc(-c5c([B])c(O)c(O)c(O)c5O)n3)-c3c([B])c(O)c(O)c(c3[B])OO4)c(O)c2O)c(O)c1O. The Labute approximate surface area is 439 Å². The average Bonchev–Trinajstić information content (AvgIpc) is 3.98. The second-order valence-corrected chi connectivity index (χ2v) is 17.8. The highest BCUT2D eigenvalue weighted by molar-refractivity contribution is 7.27. The molecular formula is C45H22B5N3O24S. The molecule has 2 aromatic heterocycles. The zero-order chi connectivity index (χ0) is 57.2. The Morgan fingerprint density at radius 3 is 1.09 bits per heavy atom. The Bertz CT molecular complexity index is 4240. The smallest absolute Gasteiger partial charge is 0.263 e. The molecule has 1 aliphatic rings. The van der Waals surface area contributed by atoms with Gasteiger partial charge in [0.25, 0.3) is 5.75 Å². The zero-order valence-corrected chi connectivity index (χ0v) is 38.6. The van der Waals surface area contributed by atoms with Gasteiger partial charge in [-0.25, -0.2) is 15.0 Å². The fraction of sp³-hybridized carbons (Fsp3) is 0. The summed E-state index contributed by atoms with van der Waals surface area (Å²) in [6, 6.07) is 0. The van der Waals surface area contributed by atoms with Gasteiger partial charge in [0, 0.05) is 11.1 Å². The van der Waals surface area contributed by atoms with E-state index >= 15 is 0 Å². The fourth-order valence-electron chi connectivity index (χ4n) is 8.80. The van der Waals surface area contributed by atoms with Crippen molar-refractivity contribution in [3.8, 4) is 206 Å². The summed E-state index contributed by atoms with van der Waals surface area (Å²) in [6.45, 7) is 0. The van der Waals surface area contributed by atoms with Crippen molar-refractivity contribution in [2.24, 2.45) is 0 Å². The van der Waals surface area contributed by atoms with Crippen LogP contribution in [0.15, 0.2) is 0 Å². The van der Waals surface area contributed by atoms with Crippen LogP contribution in [-0.4, -0.2) is 167 Å². The highest BCUT2D eigenvalue weighted by atomic mass is 32.1. The van der Waals surface area contributed by atoms with E-state index in [9.17, 15) is 112 Å². The molecule has 1 aliphatic heterocycles. The van der Waals surface area contributed by atoms with E-state index in [4.69, 9.17) is 49.0 Å². The van der Waals surface area contributed by atoms with Crippen LogP contribution in [0.5, 0.6) is 138 Å². The van der Waals surface area contributed by atoms with Crippen LogP contribution in [0.25, 0.3) is 87.7 Å². The molecule has 27 nitrogen and oxygen atoms in total. The summed E-state index contributed by atoms with van der Waals surface area (Å²) >= 11 is 0.178. The average molecular weight is 1070 g/mol. The normalized spacial score (nSPS) is 11.9. The number of phenols is 22. The number of benzene rings is 7. The van der Waals surface area contributed by atoms with Gasteiger partial charge in [-0.15, -0.1) is 11.3 Å². The predicted octanol–water partition coefficient (Wildman–Crippen LogP) is -0.580. The van der Waals surface area contributed by atoms with E-state index in [1.807, 2.05) is 0 Å². The molecule has 0 aliphatic carbocycles. The highest BCUT2D eigenvalue weighted by Crippen LogP contribution is 2.67. The molecular weight excluding hydrogens is 1050 g/mol. The van der Waals surface area contributed by atoms with Crippen molar-refractivity contribution in [1.29, 1.82) is 0 Å². The molecule has 0 atom stereocenters. The predicted molar refractivity (Wildman–Crippen MR) is 270 cm³/mol. The monoisotopic (exact) mass is 1080 g/mol. The third-order valence-electron chi connectivity index (χ3n) is 12.7. The maximum atomic E-state index is 12.3. The molecule has 22 N–H and O–H groups in total. The summed E-state index contributed by atoms with van der Waals surface area (Å²) < 4.78 is -1.42. The number of phenolic OH excluding ortho intramolecular Hbond substituents is 22. The van der Waals surface area contributed by atoms with Gasteiger partial charge in [-0.3, -0.25) is 9.78 Å². The van der Waals surface area contributed by atoms with E-state index in [-0.39, 0.29) is 11.3 Å². The van der Waals surface area contributed by atoms with Gasteiger partial charge in [-0.2, -0.15) is 0 Å². The van der Waals surface area contributed by atoms with Gasteiger partial charge in [0.2, 0.25) is 34.5 Å². The first kappa shape index (κ1) is 50.8. The Morgan fingerprint density at radius 1 is 0.231 bits per heavy atom. The molecule has 3 heterocycles. The van der Waals surface area contributed by atoms with E-state index in [0.717, 1.165) is 0 Å². The van der Waals surface area contributed by atoms with Crippen LogP contribution in [0.2, 0.25) is 0 Å². The third kappa shape index (κ3) is 6.34. The summed E-state index contributed by atoms with van der Waals surface area (Å²) in [6.07, 6.45) is 0. The first-order valence-corrected chi connectivity index (χ1v) is 21.8. The van der Waals surface area contributed by atoms with Crippen LogP contribution < -0.4 is 37.1 Å². The van der Waals surface area contributed by atoms with Crippen LogP contribution >= 0.6 is 11.3 Å². The van der Waals surface area contributed by atoms with Crippen molar-refractivity contribution < 1.29 is 122 Å². The van der Waals surface area contributed by atoms with Gasteiger partial charge in [-0.05, 0) is 27.3 Å². The molecule has 8 bridgehead atoms. The molecule has 78 heavy (non-hydrogen) atoms. The largest absolute Gasteiger partial charge is 0.509 e. The number of hydrogen-bond donors (Lipinski definition) is 22. The molecule has 0 fully saturated rings. The molecule has 382 valence electrons. The molecule has 10 rings (SSSR count). The van der Waals surface area contributed by atoms with Crippen molar-refractivity contribution in [3.05, 3.63) is 0 Å². The number of thiophene rings is 1. The zero-order valence-electron chi connectivity index (χ0n) is 37.8. The molecule has 0 saturated carbocycles. The topological polar surface area (TPSA) is 502 Å². The Balaban J connectivity index is 1.42. The molecule has 0 spiro atoms. The molecule has 33 heteroatoms. The molecule has 0 saturated heterocycles. The van der Waals surface area contributed by atoms with E-state index in [1.54, 1.807) is 0 Å². The lowest BCUT2D eigenvalue weighted by Gasteiger charge is -2.23. The second-order valence-electron chi connectivity index (χ2n) is 16.8. The van der Waals surface area contributed by atoms with Crippen molar-refractivity contribution in [2.75, 3.05) is 0 Å². The number of nitrogens with zero attached hydrogens (tertiary/aromatic N) is 3. The maximum absolute atomic E-state index is 12.3. The number of fused-ring (bicyclic) bond motifs is 10. The van der Waals surface area contributed by atoms with E-state index < -0.39 is 253 Å². The lowest BCUT2D eigenvalue weighted by molar-refractivity contribution is -0.104. The highest BCUT2D eigenvalue weighted by Gasteiger charge is 2.40. The summed E-state index contributed by atoms with van der Waals surface area (Å²) in [5, 5.41) is 247. The first-order chi connectivity index (χ1) is 36.5. The molecule has 0 unspecified atom stereocenters. The standard InChI is InChI=1S/C45H22B5N3O24S/c46-12-1(18(55)33(70)16(50)30(12)67)2-19(56)21(58)4(22(59)20(2)57)3-17(54)5-6-23(60)34(71)24(61)7-8-25(62)35(72)27(64)11(42(8)78-41(6)7)45-52-43(51-44(53-45)10-14(48)31(68)37(74)36(73)26(10)63)9-13(47)32(69)38(75)39(15(9)49)76-77-40(28(3)65)29(5)66/h54-75H. The Hall–Kier alpha value is -10.7. The van der Waals surface area contributed by atoms with E-state index in [2.05, 4.69) is 15.0 Å². The minimum Gasteiger partial charge on any atom is -0.509 e. The van der Waals surface area contributed by atoms with Gasteiger partial charge in [0.15, 0.2) is 104 Å². The third-order valence-corrected chi connectivity index (χ3v) is 13.9. The fourth-order valence-corrected chi connectivity index (χ4v) is 10.2. The molecule has 0 amide bonds. The molecule has 9 aromatic rings. The summed E-state index contributed by atoms with van der Waals surface area (Å²) in [7, 11) is 30.2. The van der Waals surface area contributed by atoms with Crippen LogP contribution in [-0.2, 0) is 0 Å². The van der Waals surface area contributed by atoms with Gasteiger partial charge in [0.05, 0.1) is 59.1 Å². The number of hydrogen-bond acceptors (Lipinski definition) is 28. The summed E-state index contributed by atoms with van der Waals surface area (Å²) in [5.41, 5.74) is -15.6. The minimum atomic E-state index is -1.76. The number of aromatic hydroxyl groups is 22. The maximum Gasteiger partial charge on any atom is 0.263 e. The van der Waals surface area contributed by atoms with Crippen molar-refractivity contribution in [3.63, 3.8) is 0 Å². The van der Waals surface area contributed by atoms with Gasteiger partial charge < -0.3 is 112 Å². The lowest BCUT2D eigenvalue weighted by Crippen LogP contribution is -2.25. The molecule has 7 aromatic carbocycles. The van der Waals surface area contributed by atoms with Gasteiger partial charge in [-0.1, -0.05) is 0 Å². The van der Waals surface area contributed by atoms with Crippen molar-refractivity contribution >= 4 is 98.1 Å². The van der Waals surface area contributed by atoms with Gasteiger partial charge >= 0.3 is 0 Å². The van der Waals surface area contributed by atoms with Crippen LogP contribution in [0.3, 0.4) is 0 Å². The van der Waals surface area contributed by atoms with Crippen LogP contribution in [0, 0.1) is 0 Å². The van der Waals surface area contributed by atoms with E-state index in [0.29, 0.717) is 0 Å². The summed E-state index contributed by atoms with van der Waals surface area (Å²) in [5.74, 6) is -38.7. The van der Waals surface area contributed by atoms with E-state index in [1.165, 1.54) is 0 Å². The van der Waals surface area contributed by atoms with Crippen molar-refractivity contribution in [1.82, 2.24) is 15.0 Å². The number of rotatable bonds is 3. The van der Waals surface area contributed by atoms with Crippen molar-refractivity contribution in [2.45, 2.75) is 0 Å². The minimum absolute atomic E-state index is 0.178. The lowest BCUT2D eigenvalue weighted by atomic mass is 9.78. The molecule has 10 radical (unpaired) electrons. The first-order valence-electron chi connectivity index (χ1n) is 20.9. The quantitative estimate of drug-likeness (QED) is 0.0455. The van der Waals surface area contributed by atoms with Crippen LogP contribution in [0.4, 0.5) is 0 Å².